The number of carbonyl (C=O) groups is 1. The highest BCUT2D eigenvalue weighted by molar-refractivity contribution is 6.44. The van der Waals surface area contributed by atoms with Crippen LogP contribution in [-0.4, -0.2) is 19.1 Å². The second kappa shape index (κ2) is 10.8. The fraction of sp³-hybridized carbons (Fsp3) is 0.350. The molecule has 0 aromatic heterocycles. The van der Waals surface area contributed by atoms with Crippen LogP contribution in [0.2, 0.25) is 15.1 Å². The zero-order chi connectivity index (χ0) is 19.8. The van der Waals surface area contributed by atoms with Crippen LogP contribution in [0.5, 0.6) is 5.75 Å². The van der Waals surface area contributed by atoms with Crippen molar-refractivity contribution in [1.29, 1.82) is 0 Å². The summed E-state index contributed by atoms with van der Waals surface area (Å²) in [7, 11) is 0. The number of unbranched alkanes of at least 4 members (excludes halogenated alkanes) is 1. The number of benzene rings is 2. The van der Waals surface area contributed by atoms with Gasteiger partial charge in [0.25, 0.3) is 5.91 Å². The maximum atomic E-state index is 12.6. The normalized spacial score (nSPS) is 10.7. The van der Waals surface area contributed by atoms with Crippen LogP contribution >= 0.6 is 34.8 Å². The molecule has 0 heterocycles. The first-order chi connectivity index (χ1) is 13.0. The zero-order valence-electron chi connectivity index (χ0n) is 15.3. The molecule has 0 radical (unpaired) electrons. The first-order valence-electron chi connectivity index (χ1n) is 8.75. The summed E-state index contributed by atoms with van der Waals surface area (Å²) in [5, 5.41) is 3.71. The SMILES string of the molecule is CCCCOCc1cc(C(=O)Nc2cc(Cl)c(Cl)cc2Cl)ccc1OCC. The average Bonchev–Trinajstić information content (AvgIpc) is 2.64. The molecule has 27 heavy (non-hydrogen) atoms. The lowest BCUT2D eigenvalue weighted by Crippen LogP contribution is -2.13. The van der Waals surface area contributed by atoms with E-state index in [1.165, 1.54) is 12.1 Å². The van der Waals surface area contributed by atoms with Crippen molar-refractivity contribution >= 4 is 46.4 Å². The van der Waals surface area contributed by atoms with Crippen LogP contribution in [-0.2, 0) is 11.3 Å². The third-order valence-electron chi connectivity index (χ3n) is 3.78. The largest absolute Gasteiger partial charge is 0.494 e. The predicted molar refractivity (Wildman–Crippen MR) is 112 cm³/mol. The minimum absolute atomic E-state index is 0.312. The van der Waals surface area contributed by atoms with Crippen LogP contribution < -0.4 is 10.1 Å². The Hall–Kier alpha value is -1.46. The summed E-state index contributed by atoms with van der Waals surface area (Å²) < 4.78 is 11.3. The minimum Gasteiger partial charge on any atom is -0.494 e. The van der Waals surface area contributed by atoms with Gasteiger partial charge >= 0.3 is 0 Å². The fourth-order valence-electron chi connectivity index (χ4n) is 2.37. The third kappa shape index (κ3) is 6.28. The van der Waals surface area contributed by atoms with Gasteiger partial charge in [-0.15, -0.1) is 0 Å². The van der Waals surface area contributed by atoms with Gasteiger partial charge in [-0.3, -0.25) is 4.79 Å². The molecular weight excluding hydrogens is 409 g/mol. The molecule has 1 amide bonds. The molecule has 0 saturated carbocycles. The second-order valence-electron chi connectivity index (χ2n) is 5.86. The van der Waals surface area contributed by atoms with Gasteiger partial charge in [-0.2, -0.15) is 0 Å². The standard InChI is InChI=1S/C20H22Cl3NO3/c1-3-5-8-26-12-14-9-13(6-7-19(14)27-4-2)20(25)24-18-11-16(22)15(21)10-17(18)23/h6-7,9-11H,3-5,8,12H2,1-2H3,(H,24,25). The molecule has 0 saturated heterocycles. The van der Waals surface area contributed by atoms with Crippen LogP contribution in [0.25, 0.3) is 0 Å². The Balaban J connectivity index is 2.18. The topological polar surface area (TPSA) is 47.6 Å². The number of rotatable bonds is 9. The van der Waals surface area contributed by atoms with Gasteiger partial charge in [0.1, 0.15) is 5.75 Å². The van der Waals surface area contributed by atoms with Crippen molar-refractivity contribution in [1.82, 2.24) is 0 Å². The Morgan fingerprint density at radius 2 is 1.78 bits per heavy atom. The van der Waals surface area contributed by atoms with Crippen molar-refractivity contribution in [3.8, 4) is 5.75 Å². The third-order valence-corrected chi connectivity index (χ3v) is 4.82. The van der Waals surface area contributed by atoms with E-state index in [0.717, 1.165) is 18.4 Å². The van der Waals surface area contributed by atoms with Gasteiger partial charge in [0.05, 0.1) is 34.0 Å². The Labute approximate surface area is 174 Å². The van der Waals surface area contributed by atoms with Crippen molar-refractivity contribution < 1.29 is 14.3 Å². The van der Waals surface area contributed by atoms with Crippen LogP contribution in [0.15, 0.2) is 30.3 Å². The lowest BCUT2D eigenvalue weighted by Gasteiger charge is -2.13. The summed E-state index contributed by atoms with van der Waals surface area (Å²) >= 11 is 18.1. The Morgan fingerprint density at radius 3 is 2.48 bits per heavy atom. The molecule has 0 aliphatic heterocycles. The van der Waals surface area contributed by atoms with E-state index in [2.05, 4.69) is 12.2 Å². The maximum absolute atomic E-state index is 12.6. The first kappa shape index (κ1) is 21.8. The molecule has 2 aromatic rings. The van der Waals surface area contributed by atoms with Gasteiger partial charge in [-0.05, 0) is 43.7 Å². The minimum atomic E-state index is -0.312. The molecule has 2 aromatic carbocycles. The van der Waals surface area contributed by atoms with E-state index in [1.807, 2.05) is 6.92 Å². The second-order valence-corrected chi connectivity index (χ2v) is 7.08. The average molecular weight is 431 g/mol. The smallest absolute Gasteiger partial charge is 0.255 e. The van der Waals surface area contributed by atoms with Gasteiger partial charge in [0.15, 0.2) is 0 Å². The molecule has 0 spiro atoms. The summed E-state index contributed by atoms with van der Waals surface area (Å²) in [6.45, 7) is 5.59. The Bertz CT molecular complexity index is 796. The van der Waals surface area contributed by atoms with Crippen molar-refractivity contribution in [3.63, 3.8) is 0 Å². The lowest BCUT2D eigenvalue weighted by atomic mass is 10.1. The van der Waals surface area contributed by atoms with E-state index in [9.17, 15) is 4.79 Å². The van der Waals surface area contributed by atoms with Crippen molar-refractivity contribution in [3.05, 3.63) is 56.5 Å². The summed E-state index contributed by atoms with van der Waals surface area (Å²) in [5.41, 5.74) is 1.68. The van der Waals surface area contributed by atoms with Gasteiger partial charge in [0, 0.05) is 17.7 Å². The van der Waals surface area contributed by atoms with Gasteiger partial charge in [-0.25, -0.2) is 0 Å². The maximum Gasteiger partial charge on any atom is 0.255 e. The first-order valence-corrected chi connectivity index (χ1v) is 9.89. The van der Waals surface area contributed by atoms with E-state index in [1.54, 1.807) is 18.2 Å². The highest BCUT2D eigenvalue weighted by atomic mass is 35.5. The molecular formula is C20H22Cl3NO3. The van der Waals surface area contributed by atoms with E-state index in [4.69, 9.17) is 44.3 Å². The fourth-order valence-corrected chi connectivity index (χ4v) is 2.97. The predicted octanol–water partition coefficient (Wildman–Crippen LogP) is 6.61. The van der Waals surface area contributed by atoms with E-state index >= 15 is 0 Å². The quantitative estimate of drug-likeness (QED) is 0.359. The monoisotopic (exact) mass is 429 g/mol. The summed E-state index contributed by atoms with van der Waals surface area (Å²) in [6.07, 6.45) is 2.05. The van der Waals surface area contributed by atoms with Gasteiger partial charge in [-0.1, -0.05) is 48.1 Å². The van der Waals surface area contributed by atoms with Gasteiger partial charge in [0.2, 0.25) is 0 Å². The van der Waals surface area contributed by atoms with Crippen molar-refractivity contribution in [2.75, 3.05) is 18.5 Å². The number of halogens is 3. The van der Waals surface area contributed by atoms with Gasteiger partial charge < -0.3 is 14.8 Å². The number of hydrogen-bond acceptors (Lipinski definition) is 3. The highest BCUT2D eigenvalue weighted by Crippen LogP contribution is 2.32. The van der Waals surface area contributed by atoms with Crippen LogP contribution in [0.3, 0.4) is 0 Å². The Morgan fingerprint density at radius 1 is 1.04 bits per heavy atom. The molecule has 4 nitrogen and oxygen atoms in total. The number of nitrogens with one attached hydrogen (secondary N) is 1. The molecule has 146 valence electrons. The van der Waals surface area contributed by atoms with E-state index in [-0.39, 0.29) is 5.91 Å². The van der Waals surface area contributed by atoms with Crippen molar-refractivity contribution in [2.45, 2.75) is 33.3 Å². The molecule has 7 heteroatoms. The number of anilines is 1. The van der Waals surface area contributed by atoms with Crippen LogP contribution in [0, 0.1) is 0 Å². The molecule has 0 atom stereocenters. The number of carbonyl (C=O) groups excluding carboxylic acids is 1. The van der Waals surface area contributed by atoms with Crippen molar-refractivity contribution in [2.24, 2.45) is 0 Å². The summed E-state index contributed by atoms with van der Waals surface area (Å²) in [6, 6.07) is 8.24. The lowest BCUT2D eigenvalue weighted by molar-refractivity contribution is 0.102. The highest BCUT2D eigenvalue weighted by Gasteiger charge is 2.14. The van der Waals surface area contributed by atoms with E-state index < -0.39 is 0 Å². The van der Waals surface area contributed by atoms with Crippen LogP contribution in [0.1, 0.15) is 42.6 Å². The van der Waals surface area contributed by atoms with Crippen LogP contribution in [0.4, 0.5) is 5.69 Å². The zero-order valence-corrected chi connectivity index (χ0v) is 17.5. The number of ether oxygens (including phenoxy) is 2. The molecule has 0 fully saturated rings. The molecule has 0 aliphatic rings. The molecule has 2 rings (SSSR count). The molecule has 0 aliphatic carbocycles. The molecule has 0 bridgehead atoms. The molecule has 1 N–H and O–H groups in total. The number of amides is 1. The Kier molecular flexibility index (Phi) is 8.71. The van der Waals surface area contributed by atoms with E-state index in [0.29, 0.717) is 51.9 Å². The summed E-state index contributed by atoms with van der Waals surface area (Å²) in [4.78, 5) is 12.6. The summed E-state index contributed by atoms with van der Waals surface area (Å²) in [5.74, 6) is 0.395. The number of hydrogen-bond donors (Lipinski definition) is 1. The molecule has 0 unspecified atom stereocenters.